The third kappa shape index (κ3) is 8.20. The first-order valence-corrected chi connectivity index (χ1v) is 13.6. The van der Waals surface area contributed by atoms with Crippen LogP contribution in [0.2, 0.25) is 5.02 Å². The van der Waals surface area contributed by atoms with Gasteiger partial charge < -0.3 is 14.7 Å². The molecule has 1 atom stereocenters. The third-order valence-electron chi connectivity index (χ3n) is 6.63. The third-order valence-corrected chi connectivity index (χ3v) is 6.89. The molecule has 0 bridgehead atoms. The van der Waals surface area contributed by atoms with E-state index in [1.807, 2.05) is 48.5 Å². The van der Waals surface area contributed by atoms with E-state index in [1.165, 1.54) is 51.4 Å². The first kappa shape index (κ1) is 27.4. The van der Waals surface area contributed by atoms with Gasteiger partial charge in [0.15, 0.2) is 0 Å². The van der Waals surface area contributed by atoms with Crippen molar-refractivity contribution >= 4 is 22.5 Å². The summed E-state index contributed by atoms with van der Waals surface area (Å²) in [7, 11) is 1.67. The molecule has 4 nitrogen and oxygen atoms in total. The fraction of sp³-hybridized carbons (Fsp3) is 0.500. The number of unbranched alkanes of at least 4 members (excludes halogenated alkanes) is 6. The van der Waals surface area contributed by atoms with E-state index in [1.54, 1.807) is 7.11 Å². The predicted octanol–water partition coefficient (Wildman–Crippen LogP) is 8.06. The number of halogens is 1. The first-order valence-electron chi connectivity index (χ1n) is 13.2. The molecule has 0 aliphatic carbocycles. The highest BCUT2D eigenvalue weighted by molar-refractivity contribution is 6.30. The van der Waals surface area contributed by atoms with Gasteiger partial charge in [0, 0.05) is 22.5 Å². The molecule has 0 aliphatic heterocycles. The molecule has 0 aliphatic rings. The molecular formula is C30H41ClN2O2. The minimum atomic E-state index is -0.615. The van der Waals surface area contributed by atoms with Gasteiger partial charge in [0.05, 0.1) is 24.4 Å². The van der Waals surface area contributed by atoms with E-state index in [9.17, 15) is 5.11 Å². The number of benzene rings is 2. The van der Waals surface area contributed by atoms with E-state index >= 15 is 0 Å². The van der Waals surface area contributed by atoms with Gasteiger partial charge in [0.1, 0.15) is 5.75 Å². The van der Waals surface area contributed by atoms with Crippen molar-refractivity contribution in [1.82, 2.24) is 9.88 Å². The lowest BCUT2D eigenvalue weighted by atomic mass is 9.99. The van der Waals surface area contributed by atoms with E-state index in [2.05, 4.69) is 18.7 Å². The molecule has 0 radical (unpaired) electrons. The van der Waals surface area contributed by atoms with Gasteiger partial charge in [-0.25, -0.2) is 4.98 Å². The fourth-order valence-corrected chi connectivity index (χ4v) is 4.69. The van der Waals surface area contributed by atoms with Gasteiger partial charge in [-0.2, -0.15) is 0 Å². The zero-order chi connectivity index (χ0) is 25.0. The van der Waals surface area contributed by atoms with Gasteiger partial charge in [-0.3, -0.25) is 0 Å². The molecule has 3 aromatic rings. The Kier molecular flexibility index (Phi) is 11.3. The first-order chi connectivity index (χ1) is 17.0. The standard InChI is InChI=1S/C30H41ClN2O2/c1-4-6-8-10-18-33(19-11-9-7-5-2)22-30(34)27-21-29(23-12-14-24(31)15-13-23)32-28-17-16-25(35-3)20-26(27)28/h12-17,20-21,30,34H,4-11,18-19,22H2,1-3H3. The minimum Gasteiger partial charge on any atom is -0.497 e. The average Bonchev–Trinajstić information content (AvgIpc) is 2.88. The SMILES string of the molecule is CCCCCCN(CCCCCC)CC(O)c1cc(-c2ccc(Cl)cc2)nc2ccc(OC)cc12. The van der Waals surface area contributed by atoms with E-state index in [0.29, 0.717) is 11.6 Å². The predicted molar refractivity (Wildman–Crippen MR) is 148 cm³/mol. The number of aromatic nitrogens is 1. The number of rotatable bonds is 15. The Morgan fingerprint density at radius 2 is 1.54 bits per heavy atom. The Morgan fingerprint density at radius 3 is 2.14 bits per heavy atom. The number of hydrogen-bond donors (Lipinski definition) is 1. The number of hydrogen-bond acceptors (Lipinski definition) is 4. The van der Waals surface area contributed by atoms with Gasteiger partial charge in [-0.05, 0) is 67.9 Å². The monoisotopic (exact) mass is 496 g/mol. The summed E-state index contributed by atoms with van der Waals surface area (Å²) in [6.07, 6.45) is 9.23. The van der Waals surface area contributed by atoms with Crippen LogP contribution in [0.15, 0.2) is 48.5 Å². The highest BCUT2D eigenvalue weighted by atomic mass is 35.5. The van der Waals surface area contributed by atoms with Crippen molar-refractivity contribution in [3.63, 3.8) is 0 Å². The molecule has 3 rings (SSSR count). The van der Waals surface area contributed by atoms with Gasteiger partial charge >= 0.3 is 0 Å². The number of fused-ring (bicyclic) bond motifs is 1. The van der Waals surface area contributed by atoms with E-state index < -0.39 is 6.10 Å². The summed E-state index contributed by atoms with van der Waals surface area (Å²) in [4.78, 5) is 7.34. The summed E-state index contributed by atoms with van der Waals surface area (Å²) in [5.41, 5.74) is 3.57. The Morgan fingerprint density at radius 1 is 0.886 bits per heavy atom. The van der Waals surface area contributed by atoms with E-state index in [4.69, 9.17) is 21.3 Å². The molecule has 1 aromatic heterocycles. The Balaban J connectivity index is 1.89. The topological polar surface area (TPSA) is 45.6 Å². The lowest BCUT2D eigenvalue weighted by Crippen LogP contribution is -2.31. The molecule has 190 valence electrons. The van der Waals surface area contributed by atoms with Crippen molar-refractivity contribution in [2.24, 2.45) is 0 Å². The molecule has 0 saturated heterocycles. The van der Waals surface area contributed by atoms with Crippen LogP contribution >= 0.6 is 11.6 Å². The molecule has 0 amide bonds. The summed E-state index contributed by atoms with van der Waals surface area (Å²) in [5.74, 6) is 0.767. The van der Waals surface area contributed by atoms with E-state index in [-0.39, 0.29) is 0 Å². The van der Waals surface area contributed by atoms with Crippen LogP contribution in [0.4, 0.5) is 0 Å². The number of methoxy groups -OCH3 is 1. The van der Waals surface area contributed by atoms with Gasteiger partial charge in [0.2, 0.25) is 0 Å². The summed E-state index contributed by atoms with van der Waals surface area (Å²) < 4.78 is 5.48. The maximum atomic E-state index is 11.5. The average molecular weight is 497 g/mol. The number of ether oxygens (including phenoxy) is 1. The van der Waals surface area contributed by atoms with E-state index in [0.717, 1.165) is 46.6 Å². The largest absolute Gasteiger partial charge is 0.497 e. The quantitative estimate of drug-likeness (QED) is 0.216. The van der Waals surface area contributed by atoms with Crippen LogP contribution in [-0.2, 0) is 0 Å². The lowest BCUT2D eigenvalue weighted by Gasteiger charge is -2.26. The number of aliphatic hydroxyl groups is 1. The van der Waals surface area contributed by atoms with Crippen molar-refractivity contribution < 1.29 is 9.84 Å². The lowest BCUT2D eigenvalue weighted by molar-refractivity contribution is 0.111. The second-order valence-corrected chi connectivity index (χ2v) is 9.86. The molecule has 5 heteroatoms. The van der Waals surface area contributed by atoms with Crippen molar-refractivity contribution in [2.45, 2.75) is 71.3 Å². The Hall–Kier alpha value is -2.14. The van der Waals surface area contributed by atoms with Crippen LogP contribution in [-0.4, -0.2) is 41.7 Å². The number of pyridine rings is 1. The van der Waals surface area contributed by atoms with Crippen molar-refractivity contribution in [2.75, 3.05) is 26.7 Å². The number of aliphatic hydroxyl groups excluding tert-OH is 1. The summed E-state index contributed by atoms with van der Waals surface area (Å²) in [6.45, 7) is 7.16. The Bertz CT molecular complexity index is 1030. The van der Waals surface area contributed by atoms with Crippen LogP contribution in [0.1, 0.15) is 76.9 Å². The molecule has 2 aromatic carbocycles. The summed E-state index contributed by atoms with van der Waals surface area (Å²) >= 11 is 6.11. The number of nitrogens with zero attached hydrogens (tertiary/aromatic N) is 2. The molecule has 0 saturated carbocycles. The minimum absolute atomic E-state index is 0.615. The van der Waals surface area contributed by atoms with Crippen molar-refractivity contribution in [1.29, 1.82) is 0 Å². The van der Waals surface area contributed by atoms with Crippen LogP contribution in [0.5, 0.6) is 5.75 Å². The molecule has 1 heterocycles. The summed E-state index contributed by atoms with van der Waals surface area (Å²) in [6, 6.07) is 15.6. The van der Waals surface area contributed by atoms with Crippen LogP contribution in [0.3, 0.4) is 0 Å². The second-order valence-electron chi connectivity index (χ2n) is 9.42. The van der Waals surface area contributed by atoms with Crippen molar-refractivity contribution in [3.8, 4) is 17.0 Å². The molecule has 0 fully saturated rings. The zero-order valence-electron chi connectivity index (χ0n) is 21.6. The summed E-state index contributed by atoms with van der Waals surface area (Å²) in [5, 5.41) is 13.2. The highest BCUT2D eigenvalue weighted by Crippen LogP contribution is 2.32. The smallest absolute Gasteiger partial charge is 0.119 e. The molecule has 1 N–H and O–H groups in total. The zero-order valence-corrected chi connectivity index (χ0v) is 22.4. The van der Waals surface area contributed by atoms with Gasteiger partial charge in [0.25, 0.3) is 0 Å². The molecular weight excluding hydrogens is 456 g/mol. The second kappa shape index (κ2) is 14.4. The van der Waals surface area contributed by atoms with Crippen LogP contribution in [0, 0.1) is 0 Å². The Labute approximate surface area is 216 Å². The molecule has 35 heavy (non-hydrogen) atoms. The highest BCUT2D eigenvalue weighted by Gasteiger charge is 2.19. The molecule has 1 unspecified atom stereocenters. The normalized spacial score (nSPS) is 12.4. The van der Waals surface area contributed by atoms with Crippen LogP contribution in [0.25, 0.3) is 22.2 Å². The maximum absolute atomic E-state index is 11.5. The van der Waals surface area contributed by atoms with Gasteiger partial charge in [-0.15, -0.1) is 0 Å². The maximum Gasteiger partial charge on any atom is 0.119 e. The fourth-order valence-electron chi connectivity index (χ4n) is 4.56. The molecule has 0 spiro atoms. The van der Waals surface area contributed by atoms with Gasteiger partial charge in [-0.1, -0.05) is 76.1 Å². The van der Waals surface area contributed by atoms with Crippen molar-refractivity contribution in [3.05, 3.63) is 59.1 Å². The van der Waals surface area contributed by atoms with Crippen LogP contribution < -0.4 is 4.74 Å².